The molecule has 0 aliphatic rings. The molecule has 170 valence electrons. The molecule has 1 unspecified atom stereocenters. The number of carbonyl (C=O) groups excluding carboxylic acids is 1. The number of hydrogen-bond donors (Lipinski definition) is 2. The number of benzene rings is 1. The second-order valence-corrected chi connectivity index (χ2v) is 8.89. The highest BCUT2D eigenvalue weighted by molar-refractivity contribution is 7.90. The summed E-state index contributed by atoms with van der Waals surface area (Å²) in [4.78, 5) is 16.6. The Kier molecular flexibility index (Phi) is 7.44. The zero-order valence-corrected chi connectivity index (χ0v) is 18.7. The van der Waals surface area contributed by atoms with E-state index in [4.69, 9.17) is 14.2 Å². The van der Waals surface area contributed by atoms with Crippen molar-refractivity contribution in [2.75, 3.05) is 25.3 Å². The predicted octanol–water partition coefficient (Wildman–Crippen LogP) is 3.06. The van der Waals surface area contributed by atoms with Crippen LogP contribution in [0.15, 0.2) is 53.8 Å². The summed E-state index contributed by atoms with van der Waals surface area (Å²) in [5.74, 6) is 1.09. The van der Waals surface area contributed by atoms with E-state index in [0.29, 0.717) is 41.7 Å². The van der Waals surface area contributed by atoms with E-state index in [1.54, 1.807) is 31.4 Å². The van der Waals surface area contributed by atoms with Gasteiger partial charge in [0.05, 0.1) is 19.0 Å². The van der Waals surface area contributed by atoms with Crippen molar-refractivity contribution < 1.29 is 27.4 Å². The molecule has 0 bridgehead atoms. The van der Waals surface area contributed by atoms with Crippen molar-refractivity contribution in [1.29, 1.82) is 0 Å². The quantitative estimate of drug-likeness (QED) is 0.472. The van der Waals surface area contributed by atoms with Gasteiger partial charge in [0.2, 0.25) is 0 Å². The van der Waals surface area contributed by atoms with E-state index in [1.165, 1.54) is 24.5 Å². The first kappa shape index (κ1) is 23.2. The first-order valence-corrected chi connectivity index (χ1v) is 11.6. The Morgan fingerprint density at radius 1 is 1.16 bits per heavy atom. The lowest BCUT2D eigenvalue weighted by Gasteiger charge is -2.18. The number of H-pyrrole nitrogens is 1. The number of anilines is 1. The van der Waals surface area contributed by atoms with E-state index in [0.717, 1.165) is 6.26 Å². The number of rotatable bonds is 10. The van der Waals surface area contributed by atoms with E-state index in [-0.39, 0.29) is 11.1 Å². The van der Waals surface area contributed by atoms with Crippen LogP contribution in [0.5, 0.6) is 17.2 Å². The van der Waals surface area contributed by atoms with Gasteiger partial charge < -0.3 is 19.5 Å². The highest BCUT2D eigenvalue weighted by Gasteiger charge is 2.15. The first-order valence-electron chi connectivity index (χ1n) is 9.74. The molecule has 3 rings (SSSR count). The van der Waals surface area contributed by atoms with Crippen LogP contribution in [0, 0.1) is 0 Å². The minimum absolute atomic E-state index is 0.0630. The average molecular weight is 461 g/mol. The number of nitrogens with one attached hydrogen (secondary N) is 2. The molecule has 11 heteroatoms. The Morgan fingerprint density at radius 3 is 2.53 bits per heavy atom. The lowest BCUT2D eigenvalue weighted by atomic mass is 10.1. The number of ether oxygens (including phenoxy) is 3. The Morgan fingerprint density at radius 2 is 1.94 bits per heavy atom. The summed E-state index contributed by atoms with van der Waals surface area (Å²) >= 11 is 0. The lowest BCUT2D eigenvalue weighted by Crippen LogP contribution is -2.21. The number of methoxy groups -OCH3 is 1. The number of carbonyl (C=O) groups is 1. The SMILES string of the molecule is CCC(COC)Oc1cc(Oc2ccc(S(C)(=O)=O)nc2)cc(C(=O)Nc2ccn[nH]2)c1. The molecule has 0 saturated heterocycles. The summed E-state index contributed by atoms with van der Waals surface area (Å²) < 4.78 is 40.2. The van der Waals surface area contributed by atoms with Crippen molar-refractivity contribution in [2.45, 2.75) is 24.5 Å². The number of aromatic nitrogens is 3. The molecule has 3 aromatic rings. The standard InChI is InChI=1S/C21H24N4O6S/c1-4-15(13-29-2)30-17-9-14(21(26)24-19-7-8-23-25-19)10-18(11-17)31-16-5-6-20(22-12-16)32(3,27)28/h5-12,15H,4,13H2,1-3H3,(H2,23,24,25,26). The molecule has 0 aliphatic heterocycles. The molecule has 1 amide bonds. The molecule has 10 nitrogen and oxygen atoms in total. The topological polar surface area (TPSA) is 132 Å². The Labute approximate surface area is 185 Å². The van der Waals surface area contributed by atoms with Crippen LogP contribution < -0.4 is 14.8 Å². The molecule has 0 spiro atoms. The molecule has 2 aromatic heterocycles. The molecule has 0 aliphatic carbocycles. The third-order valence-corrected chi connectivity index (χ3v) is 5.33. The average Bonchev–Trinajstić information content (AvgIpc) is 3.26. The van der Waals surface area contributed by atoms with E-state index < -0.39 is 15.7 Å². The molecule has 2 N–H and O–H groups in total. The maximum atomic E-state index is 12.7. The fraction of sp³-hybridized carbons (Fsp3) is 0.286. The number of aromatic amines is 1. The third kappa shape index (κ3) is 6.28. The number of amides is 1. The smallest absolute Gasteiger partial charge is 0.257 e. The summed E-state index contributed by atoms with van der Waals surface area (Å²) in [6, 6.07) is 9.23. The number of sulfone groups is 1. The van der Waals surface area contributed by atoms with Crippen molar-refractivity contribution in [2.24, 2.45) is 0 Å². The second-order valence-electron chi connectivity index (χ2n) is 6.93. The van der Waals surface area contributed by atoms with E-state index >= 15 is 0 Å². The fourth-order valence-electron chi connectivity index (χ4n) is 2.75. The molecule has 0 fully saturated rings. The Bertz CT molecular complexity index is 1150. The molecule has 0 radical (unpaired) electrons. The van der Waals surface area contributed by atoms with Gasteiger partial charge in [-0.3, -0.25) is 9.89 Å². The van der Waals surface area contributed by atoms with Crippen LogP contribution in [-0.2, 0) is 14.6 Å². The summed E-state index contributed by atoms with van der Waals surface area (Å²) in [5, 5.41) is 9.10. The van der Waals surface area contributed by atoms with E-state index in [9.17, 15) is 13.2 Å². The van der Waals surface area contributed by atoms with Gasteiger partial charge in [-0.2, -0.15) is 5.10 Å². The van der Waals surface area contributed by atoms with Crippen molar-refractivity contribution >= 4 is 21.6 Å². The molecule has 1 aromatic carbocycles. The highest BCUT2D eigenvalue weighted by Crippen LogP contribution is 2.29. The highest BCUT2D eigenvalue weighted by atomic mass is 32.2. The van der Waals surface area contributed by atoms with Crippen LogP contribution in [-0.4, -0.2) is 55.6 Å². The summed E-state index contributed by atoms with van der Waals surface area (Å²) in [6.45, 7) is 2.35. The zero-order chi connectivity index (χ0) is 23.1. The predicted molar refractivity (Wildman–Crippen MR) is 117 cm³/mol. The molecule has 1 atom stereocenters. The third-order valence-electron chi connectivity index (χ3n) is 4.33. The normalized spacial score (nSPS) is 12.2. The van der Waals surface area contributed by atoms with E-state index in [2.05, 4.69) is 20.5 Å². The summed E-state index contributed by atoms with van der Waals surface area (Å²) in [6.07, 6.45) is 4.38. The van der Waals surface area contributed by atoms with Gasteiger partial charge in [-0.15, -0.1) is 0 Å². The maximum absolute atomic E-state index is 12.7. The van der Waals surface area contributed by atoms with Crippen LogP contribution in [0.4, 0.5) is 5.82 Å². The van der Waals surface area contributed by atoms with Crippen LogP contribution >= 0.6 is 0 Å². The van der Waals surface area contributed by atoms with Gasteiger partial charge in [0.25, 0.3) is 5.91 Å². The van der Waals surface area contributed by atoms with Crippen LogP contribution in [0.2, 0.25) is 0 Å². The van der Waals surface area contributed by atoms with Crippen LogP contribution in [0.1, 0.15) is 23.7 Å². The van der Waals surface area contributed by atoms with Crippen LogP contribution in [0.25, 0.3) is 0 Å². The zero-order valence-electron chi connectivity index (χ0n) is 17.9. The van der Waals surface area contributed by atoms with Crippen molar-refractivity contribution in [3.05, 3.63) is 54.4 Å². The van der Waals surface area contributed by atoms with Crippen molar-refractivity contribution in [3.63, 3.8) is 0 Å². The molecule has 2 heterocycles. The molecular formula is C21H24N4O6S. The molecule has 0 saturated carbocycles. The maximum Gasteiger partial charge on any atom is 0.257 e. The summed E-state index contributed by atoms with van der Waals surface area (Å²) in [7, 11) is -1.84. The van der Waals surface area contributed by atoms with Gasteiger partial charge >= 0.3 is 0 Å². The Hall–Kier alpha value is -3.44. The van der Waals surface area contributed by atoms with Gasteiger partial charge in [-0.1, -0.05) is 6.92 Å². The van der Waals surface area contributed by atoms with Gasteiger partial charge in [0, 0.05) is 31.1 Å². The monoisotopic (exact) mass is 460 g/mol. The second kappa shape index (κ2) is 10.2. The number of nitrogens with zero attached hydrogens (tertiary/aromatic N) is 2. The summed E-state index contributed by atoms with van der Waals surface area (Å²) in [5.41, 5.74) is 0.292. The van der Waals surface area contributed by atoms with Crippen LogP contribution in [0.3, 0.4) is 0 Å². The van der Waals surface area contributed by atoms with Crippen molar-refractivity contribution in [3.8, 4) is 17.2 Å². The van der Waals surface area contributed by atoms with Gasteiger partial charge in [0.1, 0.15) is 29.2 Å². The van der Waals surface area contributed by atoms with E-state index in [1.807, 2.05) is 6.92 Å². The molecular weight excluding hydrogens is 436 g/mol. The number of pyridine rings is 1. The lowest BCUT2D eigenvalue weighted by molar-refractivity contribution is 0.0785. The largest absolute Gasteiger partial charge is 0.488 e. The number of hydrogen-bond acceptors (Lipinski definition) is 8. The molecule has 32 heavy (non-hydrogen) atoms. The van der Waals surface area contributed by atoms with Crippen molar-refractivity contribution in [1.82, 2.24) is 15.2 Å². The van der Waals surface area contributed by atoms with Gasteiger partial charge in [-0.05, 0) is 30.7 Å². The minimum Gasteiger partial charge on any atom is -0.488 e. The fourth-order valence-corrected chi connectivity index (χ4v) is 3.31. The Balaban J connectivity index is 1.89. The van der Waals surface area contributed by atoms with Gasteiger partial charge in [0.15, 0.2) is 14.9 Å². The minimum atomic E-state index is -3.42. The van der Waals surface area contributed by atoms with Gasteiger partial charge in [-0.25, -0.2) is 13.4 Å². The first-order chi connectivity index (χ1) is 15.3.